The Morgan fingerprint density at radius 3 is 2.66 bits per heavy atom. The van der Waals surface area contributed by atoms with Crippen LogP contribution in [0.3, 0.4) is 0 Å². The van der Waals surface area contributed by atoms with E-state index >= 15 is 0 Å². The van der Waals surface area contributed by atoms with Crippen molar-refractivity contribution in [3.63, 3.8) is 0 Å². The summed E-state index contributed by atoms with van der Waals surface area (Å²) in [5.41, 5.74) is 5.17. The van der Waals surface area contributed by atoms with Crippen LogP contribution in [0.5, 0.6) is 0 Å². The second-order valence-electron chi connectivity index (χ2n) is 7.50. The Bertz CT molecular complexity index is 1130. The summed E-state index contributed by atoms with van der Waals surface area (Å²) in [7, 11) is 0. The summed E-state index contributed by atoms with van der Waals surface area (Å²) in [6.45, 7) is 6.65. The first kappa shape index (κ1) is 17.8. The van der Waals surface area contributed by atoms with Crippen LogP contribution in [0, 0.1) is 6.92 Å². The number of morpholine rings is 1. The molecular weight excluding hydrogens is 362 g/mol. The van der Waals surface area contributed by atoms with Crippen LogP contribution >= 0.6 is 0 Å². The molecule has 4 heterocycles. The minimum absolute atomic E-state index is 0.225. The third-order valence-corrected chi connectivity index (χ3v) is 5.32. The molecule has 0 N–H and O–H groups in total. The van der Waals surface area contributed by atoms with Crippen molar-refractivity contribution in [3.05, 3.63) is 66.6 Å². The summed E-state index contributed by atoms with van der Waals surface area (Å²) in [5.74, 6) is 1.84. The molecule has 6 nitrogen and oxygen atoms in total. The van der Waals surface area contributed by atoms with Crippen molar-refractivity contribution < 1.29 is 4.74 Å². The summed E-state index contributed by atoms with van der Waals surface area (Å²) >= 11 is 0. The first-order chi connectivity index (χ1) is 14.2. The van der Waals surface area contributed by atoms with E-state index in [1.165, 1.54) is 5.56 Å². The fraction of sp³-hybridized carbons (Fsp3) is 0.261. The highest BCUT2D eigenvalue weighted by molar-refractivity contribution is 5.82. The van der Waals surface area contributed by atoms with Gasteiger partial charge in [-0.2, -0.15) is 0 Å². The van der Waals surface area contributed by atoms with Crippen LogP contribution in [0.1, 0.15) is 12.5 Å². The summed E-state index contributed by atoms with van der Waals surface area (Å²) in [5, 5.41) is 0. The highest BCUT2D eigenvalue weighted by Gasteiger charge is 2.19. The molecule has 1 atom stereocenters. The van der Waals surface area contributed by atoms with E-state index in [0.717, 1.165) is 53.6 Å². The van der Waals surface area contributed by atoms with Crippen molar-refractivity contribution in [2.75, 3.05) is 24.6 Å². The Hall–Kier alpha value is -3.25. The second-order valence-corrected chi connectivity index (χ2v) is 7.50. The zero-order chi connectivity index (χ0) is 19.8. The lowest BCUT2D eigenvalue weighted by Crippen LogP contribution is -2.41. The zero-order valence-corrected chi connectivity index (χ0v) is 16.6. The van der Waals surface area contributed by atoms with E-state index in [-0.39, 0.29) is 6.10 Å². The Labute approximate surface area is 169 Å². The molecule has 29 heavy (non-hydrogen) atoms. The van der Waals surface area contributed by atoms with Gasteiger partial charge in [0.15, 0.2) is 0 Å². The van der Waals surface area contributed by atoms with Gasteiger partial charge in [0.25, 0.3) is 0 Å². The number of anilines is 1. The van der Waals surface area contributed by atoms with Crippen molar-refractivity contribution in [2.24, 2.45) is 0 Å². The van der Waals surface area contributed by atoms with Crippen LogP contribution < -0.4 is 4.90 Å². The zero-order valence-electron chi connectivity index (χ0n) is 16.6. The quantitative estimate of drug-likeness (QED) is 0.533. The van der Waals surface area contributed by atoms with Crippen LogP contribution in [-0.4, -0.2) is 45.3 Å². The molecule has 146 valence electrons. The lowest BCUT2D eigenvalue weighted by molar-refractivity contribution is 0.0529. The maximum atomic E-state index is 5.64. The van der Waals surface area contributed by atoms with E-state index in [1.54, 1.807) is 6.20 Å². The number of aryl methyl sites for hydroxylation is 1. The summed E-state index contributed by atoms with van der Waals surface area (Å²) in [6.07, 6.45) is 5.78. The van der Waals surface area contributed by atoms with Crippen LogP contribution in [0.2, 0.25) is 0 Å². The third kappa shape index (κ3) is 3.36. The van der Waals surface area contributed by atoms with Crippen LogP contribution in [-0.2, 0) is 4.74 Å². The standard InChI is InChI=1S/C23H23N5O/c1-16-3-6-19(7-4-16)28-21-14-24-10-9-20(21)26-23(28)18-5-8-22(25-13-18)27-11-12-29-17(2)15-27/h3-10,13-14,17H,11-12,15H2,1-2H3. The molecule has 6 heteroatoms. The summed E-state index contributed by atoms with van der Waals surface area (Å²) in [6, 6.07) is 14.6. The molecule has 1 saturated heterocycles. The Morgan fingerprint density at radius 2 is 1.90 bits per heavy atom. The van der Waals surface area contributed by atoms with Crippen LogP contribution in [0.15, 0.2) is 61.1 Å². The third-order valence-electron chi connectivity index (χ3n) is 5.32. The average molecular weight is 385 g/mol. The highest BCUT2D eigenvalue weighted by atomic mass is 16.5. The first-order valence-corrected chi connectivity index (χ1v) is 9.91. The van der Waals surface area contributed by atoms with E-state index < -0.39 is 0 Å². The van der Waals surface area contributed by atoms with Gasteiger partial charge in [-0.25, -0.2) is 9.97 Å². The van der Waals surface area contributed by atoms with Gasteiger partial charge in [0.05, 0.1) is 29.9 Å². The van der Waals surface area contributed by atoms with Crippen molar-refractivity contribution in [2.45, 2.75) is 20.0 Å². The molecule has 0 saturated carbocycles. The SMILES string of the molecule is Cc1ccc(-n2c(-c3ccc(N4CCOC(C)C4)nc3)nc3ccncc32)cc1. The topological polar surface area (TPSA) is 56.1 Å². The van der Waals surface area contributed by atoms with Crippen LogP contribution in [0.25, 0.3) is 28.1 Å². The molecule has 0 amide bonds. The van der Waals surface area contributed by atoms with E-state index in [0.29, 0.717) is 0 Å². The molecule has 1 fully saturated rings. The molecule has 5 rings (SSSR count). The Balaban J connectivity index is 1.58. The number of hydrogen-bond donors (Lipinski definition) is 0. The largest absolute Gasteiger partial charge is 0.375 e. The van der Waals surface area contributed by atoms with Gasteiger partial charge >= 0.3 is 0 Å². The fourth-order valence-electron chi connectivity index (χ4n) is 3.80. The Morgan fingerprint density at radius 1 is 1.03 bits per heavy atom. The van der Waals surface area contributed by atoms with E-state index in [4.69, 9.17) is 14.7 Å². The number of hydrogen-bond acceptors (Lipinski definition) is 5. The van der Waals surface area contributed by atoms with Crippen molar-refractivity contribution >= 4 is 16.9 Å². The normalized spacial score (nSPS) is 17.0. The average Bonchev–Trinajstić information content (AvgIpc) is 3.14. The molecule has 1 aliphatic heterocycles. The highest BCUT2D eigenvalue weighted by Crippen LogP contribution is 2.29. The molecule has 3 aromatic heterocycles. The fourth-order valence-corrected chi connectivity index (χ4v) is 3.80. The molecule has 0 bridgehead atoms. The van der Waals surface area contributed by atoms with E-state index in [9.17, 15) is 0 Å². The number of fused-ring (bicyclic) bond motifs is 1. The number of aromatic nitrogens is 4. The van der Waals surface area contributed by atoms with Gasteiger partial charge in [0.2, 0.25) is 0 Å². The minimum atomic E-state index is 0.225. The monoisotopic (exact) mass is 385 g/mol. The van der Waals surface area contributed by atoms with Crippen molar-refractivity contribution in [1.29, 1.82) is 0 Å². The molecule has 1 aliphatic rings. The van der Waals surface area contributed by atoms with Crippen molar-refractivity contribution in [1.82, 2.24) is 19.5 Å². The van der Waals surface area contributed by atoms with E-state index in [2.05, 4.69) is 64.7 Å². The summed E-state index contributed by atoms with van der Waals surface area (Å²) < 4.78 is 7.79. The molecule has 1 unspecified atom stereocenters. The molecule has 0 radical (unpaired) electrons. The van der Waals surface area contributed by atoms with Crippen molar-refractivity contribution in [3.8, 4) is 17.1 Å². The number of rotatable bonds is 3. The van der Waals surface area contributed by atoms with Gasteiger partial charge in [0.1, 0.15) is 11.6 Å². The second kappa shape index (κ2) is 7.29. The number of pyridine rings is 2. The predicted octanol–water partition coefficient (Wildman–Crippen LogP) is 4.02. The smallest absolute Gasteiger partial charge is 0.147 e. The predicted molar refractivity (Wildman–Crippen MR) is 114 cm³/mol. The maximum Gasteiger partial charge on any atom is 0.147 e. The number of nitrogens with zero attached hydrogens (tertiary/aromatic N) is 5. The van der Waals surface area contributed by atoms with Gasteiger partial charge in [-0.1, -0.05) is 17.7 Å². The van der Waals surface area contributed by atoms with Gasteiger partial charge < -0.3 is 9.64 Å². The first-order valence-electron chi connectivity index (χ1n) is 9.91. The lowest BCUT2D eigenvalue weighted by Gasteiger charge is -2.32. The molecular formula is C23H23N5O. The Kier molecular flexibility index (Phi) is 4.48. The molecule has 0 spiro atoms. The number of benzene rings is 1. The van der Waals surface area contributed by atoms with Gasteiger partial charge in [0, 0.05) is 36.7 Å². The lowest BCUT2D eigenvalue weighted by atomic mass is 10.2. The number of imidazole rings is 1. The molecule has 0 aliphatic carbocycles. The van der Waals surface area contributed by atoms with Gasteiger partial charge in [-0.15, -0.1) is 0 Å². The molecule has 4 aromatic rings. The molecule has 1 aromatic carbocycles. The van der Waals surface area contributed by atoms with Gasteiger partial charge in [-0.3, -0.25) is 9.55 Å². The van der Waals surface area contributed by atoms with Crippen LogP contribution in [0.4, 0.5) is 5.82 Å². The maximum absolute atomic E-state index is 5.64. The van der Waals surface area contributed by atoms with Gasteiger partial charge in [-0.05, 0) is 44.2 Å². The van der Waals surface area contributed by atoms with E-state index in [1.807, 2.05) is 18.5 Å². The minimum Gasteiger partial charge on any atom is -0.375 e. The number of ether oxygens (including phenoxy) is 1. The summed E-state index contributed by atoms with van der Waals surface area (Å²) in [4.78, 5) is 16.2.